The summed E-state index contributed by atoms with van der Waals surface area (Å²) < 4.78 is 0. The van der Waals surface area contributed by atoms with Crippen molar-refractivity contribution in [2.24, 2.45) is 0 Å². The van der Waals surface area contributed by atoms with Crippen molar-refractivity contribution in [3.63, 3.8) is 0 Å². The number of rotatable bonds is 1. The molecule has 0 fully saturated rings. The summed E-state index contributed by atoms with van der Waals surface area (Å²) >= 11 is 0. The molecule has 0 atom stereocenters. The second-order valence-corrected chi connectivity index (χ2v) is 3.92. The largest absolute Gasteiger partial charge is 0.121 e. The Labute approximate surface area is 97.7 Å². The van der Waals surface area contributed by atoms with E-state index in [0.29, 0.717) is 0 Å². The monoisotopic (exact) mass is 208 g/mol. The molecule has 0 N–H and O–H groups in total. The van der Waals surface area contributed by atoms with Gasteiger partial charge >= 0.3 is 0 Å². The molecule has 0 saturated carbocycles. The van der Waals surface area contributed by atoms with E-state index in [2.05, 4.69) is 54.8 Å². The number of allylic oxidation sites excluding steroid dienone is 1. The third-order valence-electron chi connectivity index (χ3n) is 2.76. The molecule has 0 nitrogen and oxygen atoms in total. The fourth-order valence-corrected chi connectivity index (χ4v) is 1.87. The number of fused-ring (bicyclic) bond motifs is 1. The lowest BCUT2D eigenvalue weighted by Crippen LogP contribution is -1.88. The topological polar surface area (TPSA) is 0 Å². The van der Waals surface area contributed by atoms with Crippen LogP contribution in [0.25, 0.3) is 5.57 Å². The van der Waals surface area contributed by atoms with Crippen LogP contribution in [0.5, 0.6) is 0 Å². The van der Waals surface area contributed by atoms with Gasteiger partial charge in [-0.3, -0.25) is 0 Å². The van der Waals surface area contributed by atoms with Crippen molar-refractivity contribution in [1.82, 2.24) is 0 Å². The fraction of sp³-hybridized carbons (Fsp3) is 0.312. The maximum Gasteiger partial charge on any atom is 0.0326 e. The van der Waals surface area contributed by atoms with Gasteiger partial charge in [0, 0.05) is 23.1 Å². The van der Waals surface area contributed by atoms with Crippen LogP contribution in [0.4, 0.5) is 0 Å². The number of hydrogen-bond donors (Lipinski definition) is 0. The van der Waals surface area contributed by atoms with Crippen LogP contribution in [0.3, 0.4) is 0 Å². The van der Waals surface area contributed by atoms with Crippen LogP contribution in [-0.4, -0.2) is 0 Å². The Morgan fingerprint density at radius 1 is 1.25 bits per heavy atom. The molecular formula is C16H16. The van der Waals surface area contributed by atoms with Gasteiger partial charge in [-0.25, -0.2) is 0 Å². The van der Waals surface area contributed by atoms with Gasteiger partial charge in [-0.05, 0) is 31.4 Å². The second-order valence-electron chi connectivity index (χ2n) is 3.92. The highest BCUT2D eigenvalue weighted by Crippen LogP contribution is 2.21. The van der Waals surface area contributed by atoms with E-state index in [1.165, 1.54) is 11.1 Å². The summed E-state index contributed by atoms with van der Waals surface area (Å²) in [6, 6.07) is 8.37. The predicted octanol–water partition coefficient (Wildman–Crippen LogP) is 4.17. The van der Waals surface area contributed by atoms with Gasteiger partial charge in [0.25, 0.3) is 0 Å². The highest BCUT2D eigenvalue weighted by molar-refractivity contribution is 5.70. The Kier molecular flexibility index (Phi) is 3.65. The normalized spacial score (nSPS) is 14.4. The lowest BCUT2D eigenvalue weighted by atomic mass is 9.98. The zero-order chi connectivity index (χ0) is 11.2. The molecule has 1 aromatic carbocycles. The Morgan fingerprint density at radius 3 is 3.00 bits per heavy atom. The Hall–Kier alpha value is -1.70. The minimum Gasteiger partial charge on any atom is -0.121 e. The zero-order valence-corrected chi connectivity index (χ0v) is 9.72. The molecule has 0 radical (unpaired) electrons. The summed E-state index contributed by atoms with van der Waals surface area (Å²) in [4.78, 5) is 0. The molecule has 1 aromatic rings. The third-order valence-corrected chi connectivity index (χ3v) is 2.76. The average Bonchev–Trinajstić information content (AvgIpc) is 2.35. The van der Waals surface area contributed by atoms with E-state index in [9.17, 15) is 0 Å². The van der Waals surface area contributed by atoms with E-state index in [0.717, 1.165) is 31.2 Å². The fourth-order valence-electron chi connectivity index (χ4n) is 1.87. The Morgan fingerprint density at radius 2 is 2.12 bits per heavy atom. The Bertz CT molecular complexity index is 488. The molecule has 80 valence electrons. The first-order chi connectivity index (χ1) is 7.92. The molecule has 2 rings (SSSR count). The molecule has 16 heavy (non-hydrogen) atoms. The van der Waals surface area contributed by atoms with Gasteiger partial charge in [-0.15, -0.1) is 5.73 Å². The molecule has 0 spiro atoms. The molecule has 1 aliphatic rings. The molecule has 0 saturated heterocycles. The van der Waals surface area contributed by atoms with E-state index in [-0.39, 0.29) is 0 Å². The maximum absolute atomic E-state index is 3.42. The summed E-state index contributed by atoms with van der Waals surface area (Å²) in [5.41, 5.74) is 7.08. The molecule has 0 aliphatic heterocycles. The van der Waals surface area contributed by atoms with Crippen LogP contribution in [0.15, 0.2) is 36.1 Å². The van der Waals surface area contributed by atoms with Gasteiger partial charge < -0.3 is 0 Å². The second kappa shape index (κ2) is 5.40. The van der Waals surface area contributed by atoms with E-state index in [1.54, 1.807) is 0 Å². The SMILES string of the molecule is CCC1=C=CCCCC#Cc2ccccc21. The molecule has 1 aliphatic carbocycles. The predicted molar refractivity (Wildman–Crippen MR) is 69.0 cm³/mol. The summed E-state index contributed by atoms with van der Waals surface area (Å²) in [5.74, 6) is 6.52. The first-order valence-corrected chi connectivity index (χ1v) is 5.94. The molecule has 0 aromatic heterocycles. The summed E-state index contributed by atoms with van der Waals surface area (Å²) in [7, 11) is 0. The van der Waals surface area contributed by atoms with Crippen molar-refractivity contribution in [1.29, 1.82) is 0 Å². The van der Waals surface area contributed by atoms with Crippen molar-refractivity contribution in [2.75, 3.05) is 0 Å². The smallest absolute Gasteiger partial charge is 0.0326 e. The highest BCUT2D eigenvalue weighted by atomic mass is 14.1. The Balaban J connectivity index is 2.56. The molecular weight excluding hydrogens is 192 g/mol. The van der Waals surface area contributed by atoms with Crippen molar-refractivity contribution < 1.29 is 0 Å². The first kappa shape index (κ1) is 10.8. The number of hydrogen-bond acceptors (Lipinski definition) is 0. The lowest BCUT2D eigenvalue weighted by molar-refractivity contribution is 0.885. The first-order valence-electron chi connectivity index (χ1n) is 5.94. The summed E-state index contributed by atoms with van der Waals surface area (Å²) in [5, 5.41) is 0. The van der Waals surface area contributed by atoms with Gasteiger partial charge in [0.15, 0.2) is 0 Å². The highest BCUT2D eigenvalue weighted by Gasteiger charge is 2.03. The number of benzene rings is 1. The van der Waals surface area contributed by atoms with Crippen molar-refractivity contribution >= 4 is 5.57 Å². The van der Waals surface area contributed by atoms with Crippen LogP contribution in [0, 0.1) is 11.8 Å². The lowest BCUT2D eigenvalue weighted by Gasteiger charge is -2.05. The van der Waals surface area contributed by atoms with Crippen molar-refractivity contribution in [2.45, 2.75) is 32.6 Å². The molecule has 0 amide bonds. The maximum atomic E-state index is 3.42. The van der Waals surface area contributed by atoms with Crippen LogP contribution in [-0.2, 0) is 0 Å². The van der Waals surface area contributed by atoms with Crippen LogP contribution < -0.4 is 0 Å². The van der Waals surface area contributed by atoms with Gasteiger partial charge in [0.1, 0.15) is 0 Å². The van der Waals surface area contributed by atoms with E-state index < -0.39 is 0 Å². The van der Waals surface area contributed by atoms with Gasteiger partial charge in [-0.2, -0.15) is 0 Å². The molecule has 0 heteroatoms. The zero-order valence-electron chi connectivity index (χ0n) is 9.72. The van der Waals surface area contributed by atoms with Crippen molar-refractivity contribution in [3.8, 4) is 11.8 Å². The van der Waals surface area contributed by atoms with Gasteiger partial charge in [0.05, 0.1) is 0 Å². The summed E-state index contributed by atoms with van der Waals surface area (Å²) in [6.07, 6.45) is 6.37. The van der Waals surface area contributed by atoms with Crippen LogP contribution in [0.2, 0.25) is 0 Å². The standard InChI is InChI=1S/C16H16/c1-2-14-10-6-4-3-5-7-11-15-12-8-9-13-16(14)15/h6,8-9,12-13H,2-5H2,1H3. The van der Waals surface area contributed by atoms with Gasteiger partial charge in [0.2, 0.25) is 0 Å². The summed E-state index contributed by atoms with van der Waals surface area (Å²) in [6.45, 7) is 2.17. The van der Waals surface area contributed by atoms with E-state index in [1.807, 2.05) is 0 Å². The van der Waals surface area contributed by atoms with E-state index >= 15 is 0 Å². The van der Waals surface area contributed by atoms with Gasteiger partial charge in [-0.1, -0.05) is 37.0 Å². The third kappa shape index (κ3) is 2.45. The van der Waals surface area contributed by atoms with E-state index in [4.69, 9.17) is 0 Å². The quantitative estimate of drug-likeness (QED) is 0.480. The molecule has 0 unspecified atom stereocenters. The molecule has 0 bridgehead atoms. The van der Waals surface area contributed by atoms with Crippen molar-refractivity contribution in [3.05, 3.63) is 47.2 Å². The minimum absolute atomic E-state index is 0.980. The molecule has 0 heterocycles. The van der Waals surface area contributed by atoms with Crippen LogP contribution >= 0.6 is 0 Å². The average molecular weight is 208 g/mol. The minimum atomic E-state index is 0.980. The van der Waals surface area contributed by atoms with Crippen LogP contribution in [0.1, 0.15) is 43.7 Å².